The quantitative estimate of drug-likeness (QED) is 0.919. The summed E-state index contributed by atoms with van der Waals surface area (Å²) in [5.41, 5.74) is 7.70. The van der Waals surface area contributed by atoms with E-state index in [0.717, 1.165) is 29.4 Å². The Morgan fingerprint density at radius 3 is 2.57 bits per heavy atom. The number of piperidine rings is 1. The molecule has 2 saturated heterocycles. The van der Waals surface area contributed by atoms with Crippen LogP contribution in [0.2, 0.25) is 5.02 Å². The van der Waals surface area contributed by atoms with Crippen LogP contribution in [-0.2, 0) is 0 Å². The van der Waals surface area contributed by atoms with Crippen LogP contribution >= 0.6 is 11.6 Å². The van der Waals surface area contributed by atoms with Gasteiger partial charge in [-0.15, -0.1) is 0 Å². The van der Waals surface area contributed by atoms with Crippen molar-refractivity contribution in [1.82, 2.24) is 9.88 Å². The number of para-hydroxylation sites is 1. The van der Waals surface area contributed by atoms with Gasteiger partial charge in [-0.1, -0.05) is 29.8 Å². The highest BCUT2D eigenvalue weighted by molar-refractivity contribution is 6.38. The molecule has 1 amide bonds. The molecule has 2 aromatic rings. The molecule has 0 aliphatic carbocycles. The monoisotopic (exact) mass is 329 g/mol. The fourth-order valence-electron chi connectivity index (χ4n) is 4.35. The van der Waals surface area contributed by atoms with E-state index in [4.69, 9.17) is 22.3 Å². The van der Waals surface area contributed by atoms with Gasteiger partial charge in [-0.05, 0) is 38.8 Å². The second kappa shape index (κ2) is 5.46. The van der Waals surface area contributed by atoms with E-state index in [1.54, 1.807) is 0 Å². The molecule has 2 N–H and O–H groups in total. The molecule has 120 valence electrons. The summed E-state index contributed by atoms with van der Waals surface area (Å²) in [4.78, 5) is 19.3. The van der Waals surface area contributed by atoms with Gasteiger partial charge < -0.3 is 10.6 Å². The summed E-state index contributed by atoms with van der Waals surface area (Å²) < 4.78 is 0. The molecule has 0 radical (unpaired) electrons. The molecule has 0 saturated carbocycles. The van der Waals surface area contributed by atoms with Crippen molar-refractivity contribution in [3.63, 3.8) is 0 Å². The number of rotatable bonds is 2. The topological polar surface area (TPSA) is 59.2 Å². The van der Waals surface area contributed by atoms with Crippen LogP contribution in [0.5, 0.6) is 0 Å². The third-order valence-electron chi connectivity index (χ3n) is 5.59. The molecule has 4 rings (SSSR count). The molecule has 2 fully saturated rings. The van der Waals surface area contributed by atoms with Crippen LogP contribution in [-0.4, -0.2) is 34.9 Å². The number of nitrogens with two attached hydrogens (primary N) is 1. The van der Waals surface area contributed by atoms with Gasteiger partial charge in [-0.3, -0.25) is 9.78 Å². The Morgan fingerprint density at radius 1 is 1.26 bits per heavy atom. The Kier molecular flexibility index (Phi) is 3.54. The molecule has 2 atom stereocenters. The highest BCUT2D eigenvalue weighted by Crippen LogP contribution is 2.44. The summed E-state index contributed by atoms with van der Waals surface area (Å²) in [7, 11) is 2.20. The molecule has 1 aromatic carbocycles. The predicted octanol–water partition coefficient (Wildman–Crippen LogP) is 3.33. The van der Waals surface area contributed by atoms with Crippen LogP contribution in [0.25, 0.3) is 10.9 Å². The summed E-state index contributed by atoms with van der Waals surface area (Å²) >= 11 is 6.53. The number of aromatic nitrogens is 1. The number of primary amides is 1. The van der Waals surface area contributed by atoms with Gasteiger partial charge in [0.25, 0.3) is 5.91 Å². The number of fused-ring (bicyclic) bond motifs is 3. The molecule has 23 heavy (non-hydrogen) atoms. The van der Waals surface area contributed by atoms with E-state index in [9.17, 15) is 4.79 Å². The zero-order valence-electron chi connectivity index (χ0n) is 13.1. The lowest BCUT2D eigenvalue weighted by atomic mass is 9.85. The Bertz CT molecular complexity index is 777. The SMILES string of the molecule is CN1C2CCC1CC(c1nc3ccccc3c(Cl)c1C(N)=O)C2. The second-order valence-corrected chi connectivity index (χ2v) is 7.16. The molecular formula is C18H20ClN3O. The van der Waals surface area contributed by atoms with Crippen molar-refractivity contribution in [2.45, 2.75) is 43.7 Å². The Labute approximate surface area is 140 Å². The van der Waals surface area contributed by atoms with Gasteiger partial charge in [0, 0.05) is 23.4 Å². The van der Waals surface area contributed by atoms with Crippen molar-refractivity contribution in [2.24, 2.45) is 5.73 Å². The number of benzene rings is 1. The van der Waals surface area contributed by atoms with Gasteiger partial charge in [0.15, 0.2) is 0 Å². The van der Waals surface area contributed by atoms with Gasteiger partial charge in [-0.2, -0.15) is 0 Å². The van der Waals surface area contributed by atoms with Crippen LogP contribution in [0.4, 0.5) is 0 Å². The maximum absolute atomic E-state index is 12.1. The van der Waals surface area contributed by atoms with E-state index in [1.165, 1.54) is 12.8 Å². The van der Waals surface area contributed by atoms with Gasteiger partial charge >= 0.3 is 0 Å². The maximum Gasteiger partial charge on any atom is 0.252 e. The van der Waals surface area contributed by atoms with Gasteiger partial charge in [0.05, 0.1) is 21.8 Å². The van der Waals surface area contributed by atoms with Crippen molar-refractivity contribution in [3.05, 3.63) is 40.5 Å². The minimum Gasteiger partial charge on any atom is -0.365 e. The predicted molar refractivity (Wildman–Crippen MR) is 91.8 cm³/mol. The average molecular weight is 330 g/mol. The molecule has 1 aromatic heterocycles. The number of halogens is 1. The van der Waals surface area contributed by atoms with Crippen LogP contribution in [0.3, 0.4) is 0 Å². The van der Waals surface area contributed by atoms with E-state index >= 15 is 0 Å². The number of amides is 1. The fraction of sp³-hybridized carbons (Fsp3) is 0.444. The Morgan fingerprint density at radius 2 is 1.91 bits per heavy atom. The zero-order valence-corrected chi connectivity index (χ0v) is 13.9. The lowest BCUT2D eigenvalue weighted by molar-refractivity contribution is 0.0996. The molecule has 2 aliphatic heterocycles. The first kappa shape index (κ1) is 14.9. The van der Waals surface area contributed by atoms with Gasteiger partial charge in [0.1, 0.15) is 0 Å². The van der Waals surface area contributed by atoms with Crippen LogP contribution in [0.15, 0.2) is 24.3 Å². The molecule has 4 nitrogen and oxygen atoms in total. The summed E-state index contributed by atoms with van der Waals surface area (Å²) in [5, 5.41) is 1.24. The number of carbonyl (C=O) groups excluding carboxylic acids is 1. The number of hydrogen-bond acceptors (Lipinski definition) is 3. The standard InChI is InChI=1S/C18H20ClN3O/c1-22-11-6-7-12(22)9-10(8-11)17-15(18(20)23)16(19)13-4-2-3-5-14(13)21-17/h2-5,10-12H,6-9H2,1H3,(H2,20,23). The summed E-state index contributed by atoms with van der Waals surface area (Å²) in [6.07, 6.45) is 4.50. The summed E-state index contributed by atoms with van der Waals surface area (Å²) in [6.45, 7) is 0. The molecule has 3 heterocycles. The molecule has 2 unspecified atom stereocenters. The first-order chi connectivity index (χ1) is 11.1. The van der Waals surface area contributed by atoms with Crippen molar-refractivity contribution in [1.29, 1.82) is 0 Å². The highest BCUT2D eigenvalue weighted by Gasteiger charge is 2.40. The van der Waals surface area contributed by atoms with Crippen molar-refractivity contribution in [3.8, 4) is 0 Å². The van der Waals surface area contributed by atoms with Crippen molar-refractivity contribution in [2.75, 3.05) is 7.05 Å². The van der Waals surface area contributed by atoms with Crippen molar-refractivity contribution >= 4 is 28.4 Å². The minimum absolute atomic E-state index is 0.258. The smallest absolute Gasteiger partial charge is 0.252 e. The van der Waals surface area contributed by atoms with Gasteiger partial charge in [-0.25, -0.2) is 0 Å². The third kappa shape index (κ3) is 2.32. The lowest BCUT2D eigenvalue weighted by Gasteiger charge is -2.36. The second-order valence-electron chi connectivity index (χ2n) is 6.79. The Balaban J connectivity index is 1.86. The van der Waals surface area contributed by atoms with Crippen molar-refractivity contribution < 1.29 is 4.79 Å². The minimum atomic E-state index is -0.477. The lowest BCUT2D eigenvalue weighted by Crippen LogP contribution is -2.39. The molecule has 0 spiro atoms. The summed E-state index contributed by atoms with van der Waals surface area (Å²) in [6, 6.07) is 8.82. The van der Waals surface area contributed by atoms with Crippen LogP contribution < -0.4 is 5.73 Å². The number of pyridine rings is 1. The van der Waals surface area contributed by atoms with E-state index in [1.807, 2.05) is 24.3 Å². The van der Waals surface area contributed by atoms with E-state index in [0.29, 0.717) is 22.7 Å². The van der Waals surface area contributed by atoms with E-state index in [2.05, 4.69) is 11.9 Å². The van der Waals surface area contributed by atoms with Crippen LogP contribution in [0.1, 0.15) is 47.7 Å². The number of hydrogen-bond donors (Lipinski definition) is 1. The first-order valence-electron chi connectivity index (χ1n) is 8.16. The Hall–Kier alpha value is -1.65. The normalized spacial score (nSPS) is 27.5. The zero-order chi connectivity index (χ0) is 16.1. The first-order valence-corrected chi connectivity index (χ1v) is 8.54. The molecule has 5 heteroatoms. The maximum atomic E-state index is 12.1. The number of nitrogens with zero attached hydrogens (tertiary/aromatic N) is 2. The largest absolute Gasteiger partial charge is 0.365 e. The highest BCUT2D eigenvalue weighted by atomic mass is 35.5. The molecular weight excluding hydrogens is 310 g/mol. The van der Waals surface area contributed by atoms with E-state index in [-0.39, 0.29) is 5.92 Å². The van der Waals surface area contributed by atoms with Crippen LogP contribution in [0, 0.1) is 0 Å². The third-order valence-corrected chi connectivity index (χ3v) is 5.98. The molecule has 2 aliphatic rings. The molecule has 2 bridgehead atoms. The number of carbonyl (C=O) groups is 1. The summed E-state index contributed by atoms with van der Waals surface area (Å²) in [5.74, 6) is -0.220. The van der Waals surface area contributed by atoms with E-state index < -0.39 is 5.91 Å². The van der Waals surface area contributed by atoms with Gasteiger partial charge in [0.2, 0.25) is 0 Å². The average Bonchev–Trinajstić information content (AvgIpc) is 2.75. The fourth-order valence-corrected chi connectivity index (χ4v) is 4.70.